The molecule has 0 unspecified atom stereocenters. The molecule has 1 aliphatic heterocycles. The standard InChI is InChI=1S/C8H10N6O2/c1-14-8(9-4-10-14)11-7(16)5-2-3-6(15)13-12-5/h4H,2-3H2,1H3,(H,13,15)(H,9,10,11,16). The minimum absolute atomic E-state index is 0.185. The van der Waals surface area contributed by atoms with Crippen molar-refractivity contribution >= 4 is 23.5 Å². The van der Waals surface area contributed by atoms with Crippen LogP contribution in [0.25, 0.3) is 0 Å². The van der Waals surface area contributed by atoms with Crippen molar-refractivity contribution in [2.24, 2.45) is 12.1 Å². The van der Waals surface area contributed by atoms with Crippen molar-refractivity contribution in [3.05, 3.63) is 6.33 Å². The Hall–Kier alpha value is -2.25. The predicted octanol–water partition coefficient (Wildman–Crippen LogP) is -0.980. The molecule has 1 aromatic heterocycles. The van der Waals surface area contributed by atoms with Gasteiger partial charge in [0.1, 0.15) is 12.0 Å². The first-order valence-corrected chi connectivity index (χ1v) is 4.67. The van der Waals surface area contributed by atoms with Crippen molar-refractivity contribution in [2.45, 2.75) is 12.8 Å². The van der Waals surface area contributed by atoms with Crippen LogP contribution in [-0.2, 0) is 16.6 Å². The van der Waals surface area contributed by atoms with E-state index in [0.29, 0.717) is 12.4 Å². The topological polar surface area (TPSA) is 101 Å². The molecule has 0 spiro atoms. The largest absolute Gasteiger partial charge is 0.289 e. The number of nitrogens with one attached hydrogen (secondary N) is 2. The third-order valence-electron chi connectivity index (χ3n) is 2.10. The number of aromatic nitrogens is 3. The Morgan fingerprint density at radius 2 is 2.38 bits per heavy atom. The first-order chi connectivity index (χ1) is 7.66. The normalized spacial score (nSPS) is 15.3. The lowest BCUT2D eigenvalue weighted by atomic mass is 10.2. The average molecular weight is 222 g/mol. The van der Waals surface area contributed by atoms with Crippen LogP contribution in [0.4, 0.5) is 5.95 Å². The monoisotopic (exact) mass is 222 g/mol. The number of hydrazone groups is 1. The summed E-state index contributed by atoms with van der Waals surface area (Å²) in [4.78, 5) is 26.3. The van der Waals surface area contributed by atoms with Gasteiger partial charge in [-0.1, -0.05) is 0 Å². The summed E-state index contributed by atoms with van der Waals surface area (Å²) >= 11 is 0. The third kappa shape index (κ3) is 2.05. The van der Waals surface area contributed by atoms with Crippen molar-refractivity contribution in [2.75, 3.05) is 5.32 Å². The van der Waals surface area contributed by atoms with Crippen molar-refractivity contribution in [1.29, 1.82) is 0 Å². The fraction of sp³-hybridized carbons (Fsp3) is 0.375. The van der Waals surface area contributed by atoms with Crippen LogP contribution in [-0.4, -0.2) is 32.3 Å². The van der Waals surface area contributed by atoms with Crippen LogP contribution in [0, 0.1) is 0 Å². The minimum atomic E-state index is -0.379. The molecular weight excluding hydrogens is 212 g/mol. The Labute approximate surface area is 90.7 Å². The van der Waals surface area contributed by atoms with Gasteiger partial charge in [-0.15, -0.1) is 0 Å². The van der Waals surface area contributed by atoms with E-state index in [4.69, 9.17) is 0 Å². The molecule has 0 radical (unpaired) electrons. The van der Waals surface area contributed by atoms with Crippen LogP contribution in [0.1, 0.15) is 12.8 Å². The maximum absolute atomic E-state index is 11.7. The molecule has 1 aliphatic rings. The molecule has 8 heteroatoms. The molecule has 2 amide bonds. The molecule has 0 aliphatic carbocycles. The van der Waals surface area contributed by atoms with E-state index in [2.05, 4.69) is 25.9 Å². The highest BCUT2D eigenvalue weighted by molar-refractivity contribution is 6.43. The Morgan fingerprint density at radius 3 is 2.94 bits per heavy atom. The maximum atomic E-state index is 11.7. The third-order valence-corrected chi connectivity index (χ3v) is 2.10. The molecular formula is C8H10N6O2. The Kier molecular flexibility index (Phi) is 2.63. The summed E-state index contributed by atoms with van der Waals surface area (Å²) in [7, 11) is 1.66. The van der Waals surface area contributed by atoms with E-state index in [1.165, 1.54) is 11.0 Å². The maximum Gasteiger partial charge on any atom is 0.274 e. The van der Waals surface area contributed by atoms with E-state index in [-0.39, 0.29) is 23.9 Å². The molecule has 8 nitrogen and oxygen atoms in total. The predicted molar refractivity (Wildman–Crippen MR) is 54.4 cm³/mol. The van der Waals surface area contributed by atoms with Crippen molar-refractivity contribution in [3.63, 3.8) is 0 Å². The first kappa shape index (κ1) is 10.3. The molecule has 2 heterocycles. The highest BCUT2D eigenvalue weighted by Crippen LogP contribution is 2.03. The molecule has 16 heavy (non-hydrogen) atoms. The molecule has 84 valence electrons. The zero-order valence-corrected chi connectivity index (χ0v) is 8.60. The van der Waals surface area contributed by atoms with Crippen LogP contribution in [0.2, 0.25) is 0 Å². The second-order valence-electron chi connectivity index (χ2n) is 3.25. The molecule has 0 aromatic carbocycles. The Bertz CT molecular complexity index is 463. The number of carbonyl (C=O) groups excluding carboxylic acids is 2. The Balaban J connectivity index is 2.04. The van der Waals surface area contributed by atoms with Gasteiger partial charge in [0.05, 0.1) is 0 Å². The zero-order valence-electron chi connectivity index (χ0n) is 8.60. The fourth-order valence-corrected chi connectivity index (χ4v) is 1.22. The highest BCUT2D eigenvalue weighted by Gasteiger charge is 2.19. The van der Waals surface area contributed by atoms with Gasteiger partial charge in [-0.05, 0) is 0 Å². The molecule has 0 saturated heterocycles. The number of rotatable bonds is 2. The number of amides is 2. The van der Waals surface area contributed by atoms with Crippen LogP contribution in [0.3, 0.4) is 0 Å². The zero-order chi connectivity index (χ0) is 11.5. The molecule has 0 fully saturated rings. The van der Waals surface area contributed by atoms with Gasteiger partial charge in [0.25, 0.3) is 5.91 Å². The van der Waals surface area contributed by atoms with Gasteiger partial charge in [-0.2, -0.15) is 15.2 Å². The van der Waals surface area contributed by atoms with E-state index < -0.39 is 0 Å². The van der Waals surface area contributed by atoms with E-state index in [0.717, 1.165) is 0 Å². The SMILES string of the molecule is Cn1ncnc1NC(=O)C1=NNC(=O)CC1. The first-order valence-electron chi connectivity index (χ1n) is 4.67. The van der Waals surface area contributed by atoms with E-state index in [1.807, 2.05) is 0 Å². The summed E-state index contributed by atoms with van der Waals surface area (Å²) in [6, 6.07) is 0. The lowest BCUT2D eigenvalue weighted by molar-refractivity contribution is -0.121. The lowest BCUT2D eigenvalue weighted by Gasteiger charge is -2.11. The molecule has 2 N–H and O–H groups in total. The van der Waals surface area contributed by atoms with Crippen LogP contribution >= 0.6 is 0 Å². The van der Waals surface area contributed by atoms with Gasteiger partial charge in [-0.25, -0.2) is 10.1 Å². The lowest BCUT2D eigenvalue weighted by Crippen LogP contribution is -2.33. The van der Waals surface area contributed by atoms with Gasteiger partial charge in [0.2, 0.25) is 11.9 Å². The van der Waals surface area contributed by atoms with Crippen molar-refractivity contribution in [3.8, 4) is 0 Å². The highest BCUT2D eigenvalue weighted by atomic mass is 16.2. The minimum Gasteiger partial charge on any atom is -0.289 e. The average Bonchev–Trinajstić information content (AvgIpc) is 2.65. The van der Waals surface area contributed by atoms with Crippen molar-refractivity contribution < 1.29 is 9.59 Å². The molecule has 0 saturated carbocycles. The number of nitrogens with zero attached hydrogens (tertiary/aromatic N) is 4. The van der Waals surface area contributed by atoms with Gasteiger partial charge in [-0.3, -0.25) is 14.9 Å². The number of hydrogen-bond donors (Lipinski definition) is 2. The van der Waals surface area contributed by atoms with Crippen molar-refractivity contribution in [1.82, 2.24) is 20.2 Å². The number of anilines is 1. The van der Waals surface area contributed by atoms with E-state index >= 15 is 0 Å². The smallest absolute Gasteiger partial charge is 0.274 e. The number of aryl methyl sites for hydroxylation is 1. The summed E-state index contributed by atoms with van der Waals surface area (Å²) in [5.41, 5.74) is 2.53. The number of hydrogen-bond acceptors (Lipinski definition) is 5. The van der Waals surface area contributed by atoms with Gasteiger partial charge in [0, 0.05) is 19.9 Å². The van der Waals surface area contributed by atoms with Gasteiger partial charge < -0.3 is 0 Å². The van der Waals surface area contributed by atoms with Gasteiger partial charge in [0.15, 0.2) is 0 Å². The summed E-state index contributed by atoms with van der Waals surface area (Å²) in [6.45, 7) is 0. The van der Waals surface area contributed by atoms with E-state index in [1.54, 1.807) is 7.05 Å². The molecule has 1 aromatic rings. The van der Waals surface area contributed by atoms with Crippen LogP contribution in [0.5, 0.6) is 0 Å². The molecule has 2 rings (SSSR count). The second kappa shape index (κ2) is 4.09. The van der Waals surface area contributed by atoms with Crippen LogP contribution < -0.4 is 10.7 Å². The summed E-state index contributed by atoms with van der Waals surface area (Å²) < 4.78 is 1.43. The molecule has 0 bridgehead atoms. The summed E-state index contributed by atoms with van der Waals surface area (Å²) in [5, 5.41) is 10.0. The van der Waals surface area contributed by atoms with Gasteiger partial charge >= 0.3 is 0 Å². The summed E-state index contributed by atoms with van der Waals surface area (Å²) in [5.74, 6) is -0.226. The van der Waals surface area contributed by atoms with Crippen LogP contribution in [0.15, 0.2) is 11.4 Å². The second-order valence-corrected chi connectivity index (χ2v) is 3.25. The Morgan fingerprint density at radius 1 is 1.56 bits per heavy atom. The quantitative estimate of drug-likeness (QED) is 0.671. The summed E-state index contributed by atoms with van der Waals surface area (Å²) in [6.07, 6.45) is 1.93. The van der Waals surface area contributed by atoms with E-state index in [9.17, 15) is 9.59 Å². The number of carbonyl (C=O) groups is 2. The fourth-order valence-electron chi connectivity index (χ4n) is 1.22. The molecule has 0 atom stereocenters.